The molecule has 2 aliphatic carbocycles. The zero-order valence-electron chi connectivity index (χ0n) is 29.7. The first-order valence-electron chi connectivity index (χ1n) is 17.8. The number of nitrogens with zero attached hydrogens (tertiary/aromatic N) is 1. The van der Waals surface area contributed by atoms with Crippen molar-refractivity contribution in [1.29, 1.82) is 0 Å². The fourth-order valence-electron chi connectivity index (χ4n) is 7.67. The normalized spacial score (nSPS) is 24.0. The van der Waals surface area contributed by atoms with Crippen LogP contribution >= 0.6 is 0 Å². The van der Waals surface area contributed by atoms with Gasteiger partial charge in [-0.3, -0.25) is 19.2 Å². The third-order valence-electron chi connectivity index (χ3n) is 10.7. The van der Waals surface area contributed by atoms with Gasteiger partial charge in [-0.15, -0.1) is 6.58 Å². The lowest BCUT2D eigenvalue weighted by atomic mass is 9.71. The Bertz CT molecular complexity index is 1290. The fraction of sp³-hybridized carbons (Fsp3) is 0.800. The van der Waals surface area contributed by atoms with Crippen LogP contribution in [0.3, 0.4) is 0 Å². The van der Waals surface area contributed by atoms with Crippen LogP contribution in [0.1, 0.15) is 111 Å². The second kappa shape index (κ2) is 17.1. The number of hydrogen-bond acceptors (Lipinski definition) is 7. The van der Waals surface area contributed by atoms with E-state index in [0.29, 0.717) is 25.7 Å². The largest absolute Gasteiger partial charge is 0.346 e. The summed E-state index contributed by atoms with van der Waals surface area (Å²) in [6.45, 7) is 11.9. The molecule has 2 saturated carbocycles. The van der Waals surface area contributed by atoms with Gasteiger partial charge in [0.25, 0.3) is 5.91 Å². The van der Waals surface area contributed by atoms with Crippen LogP contribution in [-0.4, -0.2) is 91.6 Å². The monoisotopic (exact) mass is 693 g/mol. The Morgan fingerprint density at radius 2 is 1.60 bits per heavy atom. The molecule has 0 aromatic heterocycles. The van der Waals surface area contributed by atoms with E-state index in [4.69, 9.17) is 0 Å². The van der Waals surface area contributed by atoms with Crippen molar-refractivity contribution in [1.82, 2.24) is 26.2 Å². The van der Waals surface area contributed by atoms with Gasteiger partial charge in [-0.25, -0.2) is 13.2 Å². The predicted molar refractivity (Wildman–Crippen MR) is 186 cm³/mol. The lowest BCUT2D eigenvalue weighted by Gasteiger charge is -2.48. The summed E-state index contributed by atoms with van der Waals surface area (Å²) in [6.07, 6.45) is 11.8. The SMILES string of the molecule is C=CCNC(=O)C(=O)C(CCC)NC(=O)[C@@H]1CC(C)(C)C(C)CN1C(=O)[C@@H](NC(=O)NC1(CS(C)(=O)=O)CCCCC1)C1CCCCC1. The number of ketones is 1. The highest BCUT2D eigenvalue weighted by atomic mass is 32.2. The molecule has 0 aromatic carbocycles. The molecule has 5 amide bonds. The van der Waals surface area contributed by atoms with Gasteiger partial charge in [0.05, 0.1) is 17.3 Å². The molecule has 2 unspecified atom stereocenters. The molecule has 0 spiro atoms. The van der Waals surface area contributed by atoms with Crippen molar-refractivity contribution in [3.8, 4) is 0 Å². The van der Waals surface area contributed by atoms with Crippen LogP contribution in [-0.2, 0) is 29.0 Å². The van der Waals surface area contributed by atoms with Gasteiger partial charge >= 0.3 is 6.03 Å². The van der Waals surface area contributed by atoms with Crippen molar-refractivity contribution >= 4 is 39.4 Å². The van der Waals surface area contributed by atoms with E-state index in [0.717, 1.165) is 51.4 Å². The summed E-state index contributed by atoms with van der Waals surface area (Å²) in [5, 5.41) is 11.2. The lowest BCUT2D eigenvalue weighted by Crippen LogP contribution is -2.65. The second-order valence-corrected chi connectivity index (χ2v) is 17.3. The first-order chi connectivity index (χ1) is 22.5. The minimum atomic E-state index is -3.39. The molecule has 0 aromatic rings. The highest BCUT2D eigenvalue weighted by Gasteiger charge is 2.47. The van der Waals surface area contributed by atoms with Crippen molar-refractivity contribution in [3.63, 3.8) is 0 Å². The van der Waals surface area contributed by atoms with Crippen LogP contribution in [0.25, 0.3) is 0 Å². The maximum Gasteiger partial charge on any atom is 0.315 e. The molecule has 272 valence electrons. The summed E-state index contributed by atoms with van der Waals surface area (Å²) in [5.41, 5.74) is -1.21. The Morgan fingerprint density at radius 3 is 2.19 bits per heavy atom. The summed E-state index contributed by atoms with van der Waals surface area (Å²) in [7, 11) is -3.39. The Balaban J connectivity index is 1.90. The van der Waals surface area contributed by atoms with Gasteiger partial charge in [-0.1, -0.05) is 78.7 Å². The van der Waals surface area contributed by atoms with Crippen LogP contribution in [0.5, 0.6) is 0 Å². The molecule has 3 aliphatic rings. The molecule has 12 nitrogen and oxygen atoms in total. The van der Waals surface area contributed by atoms with Gasteiger partial charge in [0.1, 0.15) is 21.9 Å². The van der Waals surface area contributed by atoms with Gasteiger partial charge in [0.15, 0.2) is 0 Å². The van der Waals surface area contributed by atoms with Crippen LogP contribution in [0, 0.1) is 17.3 Å². The second-order valence-electron chi connectivity index (χ2n) is 15.2. The summed E-state index contributed by atoms with van der Waals surface area (Å²) < 4.78 is 24.8. The van der Waals surface area contributed by atoms with E-state index in [2.05, 4.69) is 27.8 Å². The highest BCUT2D eigenvalue weighted by Crippen LogP contribution is 2.40. The summed E-state index contributed by atoms with van der Waals surface area (Å²) in [4.78, 5) is 69.5. The third kappa shape index (κ3) is 10.8. The Labute approximate surface area is 287 Å². The van der Waals surface area contributed by atoms with Crippen LogP contribution < -0.4 is 21.3 Å². The molecular weight excluding hydrogens is 634 g/mol. The van der Waals surface area contributed by atoms with Crippen LogP contribution in [0.2, 0.25) is 0 Å². The first kappa shape index (κ1) is 39.5. The van der Waals surface area contributed by atoms with Crippen molar-refractivity contribution in [2.24, 2.45) is 17.3 Å². The van der Waals surface area contributed by atoms with Crippen molar-refractivity contribution in [2.45, 2.75) is 135 Å². The number of nitrogens with one attached hydrogen (secondary N) is 4. The molecular formula is C35H59N5O7S. The summed E-state index contributed by atoms with van der Waals surface area (Å²) in [6, 6.07) is -3.45. The zero-order valence-corrected chi connectivity index (χ0v) is 30.5. The number of likely N-dealkylation sites (tertiary alicyclic amines) is 1. The van der Waals surface area contributed by atoms with Crippen LogP contribution in [0.15, 0.2) is 12.7 Å². The topological polar surface area (TPSA) is 171 Å². The van der Waals surface area contributed by atoms with E-state index in [-0.39, 0.29) is 48.4 Å². The number of carbonyl (C=O) groups is 5. The molecule has 3 fully saturated rings. The highest BCUT2D eigenvalue weighted by molar-refractivity contribution is 7.90. The molecule has 1 heterocycles. The first-order valence-corrected chi connectivity index (χ1v) is 19.9. The molecule has 4 N–H and O–H groups in total. The van der Waals surface area contributed by atoms with Crippen molar-refractivity contribution in [3.05, 3.63) is 12.7 Å². The van der Waals surface area contributed by atoms with E-state index in [1.807, 2.05) is 27.7 Å². The van der Waals surface area contributed by atoms with E-state index < -0.39 is 57.1 Å². The maximum atomic E-state index is 14.6. The Hall–Kier alpha value is -2.96. The number of carbonyl (C=O) groups excluding carboxylic acids is 5. The van der Waals surface area contributed by atoms with Crippen molar-refractivity contribution in [2.75, 3.05) is 25.1 Å². The molecule has 1 aliphatic heterocycles. The van der Waals surface area contributed by atoms with Gasteiger partial charge < -0.3 is 26.2 Å². The number of urea groups is 1. The quantitative estimate of drug-likeness (QED) is 0.160. The van der Waals surface area contributed by atoms with Crippen LogP contribution in [0.4, 0.5) is 4.79 Å². The Kier molecular flexibility index (Phi) is 14.1. The predicted octanol–water partition coefficient (Wildman–Crippen LogP) is 3.40. The van der Waals surface area contributed by atoms with Gasteiger partial charge in [0.2, 0.25) is 17.6 Å². The smallest absolute Gasteiger partial charge is 0.315 e. The van der Waals surface area contributed by atoms with E-state index in [9.17, 15) is 32.4 Å². The average Bonchev–Trinajstić information content (AvgIpc) is 3.02. The number of rotatable bonds is 14. The number of hydrogen-bond donors (Lipinski definition) is 4. The van der Waals surface area contributed by atoms with Gasteiger partial charge in [-0.2, -0.15) is 0 Å². The number of Topliss-reactive ketones (excluding diaryl/α,β-unsaturated/α-hetero) is 1. The standard InChI is InChI=1S/C35H59N5O7S/c1-7-15-26(29(41)31(43)36-20-8-2)37-30(42)27-21-34(4,5)24(3)22-40(27)32(44)28(25-16-11-9-12-17-25)38-33(45)39-35(23-48(6,46)47)18-13-10-14-19-35/h8,24-28H,2,7,9-23H2,1,3-6H3,(H,36,43)(H,37,42)(H2,38,39,45)/t24?,26?,27-,28-/m0/s1. The average molecular weight is 694 g/mol. The summed E-state index contributed by atoms with van der Waals surface area (Å²) in [5.74, 6) is -2.71. The van der Waals surface area contributed by atoms with E-state index in [1.54, 1.807) is 4.90 Å². The molecule has 0 bridgehead atoms. The number of amides is 5. The van der Waals surface area contributed by atoms with E-state index >= 15 is 0 Å². The molecule has 3 rings (SSSR count). The minimum Gasteiger partial charge on any atom is -0.346 e. The zero-order chi connectivity index (χ0) is 35.7. The molecule has 48 heavy (non-hydrogen) atoms. The van der Waals surface area contributed by atoms with E-state index in [1.165, 1.54) is 12.3 Å². The number of piperidine rings is 1. The van der Waals surface area contributed by atoms with Gasteiger partial charge in [0, 0.05) is 19.3 Å². The lowest BCUT2D eigenvalue weighted by molar-refractivity contribution is -0.150. The molecule has 13 heteroatoms. The minimum absolute atomic E-state index is 0.0318. The number of sulfone groups is 1. The third-order valence-corrected chi connectivity index (χ3v) is 11.8. The Morgan fingerprint density at radius 1 is 0.979 bits per heavy atom. The van der Waals surface area contributed by atoms with Crippen molar-refractivity contribution < 1.29 is 32.4 Å². The molecule has 4 atom stereocenters. The molecule has 1 saturated heterocycles. The summed E-state index contributed by atoms with van der Waals surface area (Å²) >= 11 is 0. The maximum absolute atomic E-state index is 14.6. The fourth-order valence-corrected chi connectivity index (χ4v) is 9.04. The molecule has 0 radical (unpaired) electrons. The van der Waals surface area contributed by atoms with Gasteiger partial charge in [-0.05, 0) is 55.8 Å².